The fourth-order valence-electron chi connectivity index (χ4n) is 4.02. The third kappa shape index (κ3) is 10.8. The predicted molar refractivity (Wildman–Crippen MR) is 149 cm³/mol. The van der Waals surface area contributed by atoms with Crippen LogP contribution in [-0.2, 0) is 29.2 Å². The summed E-state index contributed by atoms with van der Waals surface area (Å²) in [6.07, 6.45) is 4.97. The molecule has 9 nitrogen and oxygen atoms in total. The molecular formula is C28H41NO8Si. The fraction of sp³-hybridized carbons (Fsp3) is 0.500. The van der Waals surface area contributed by atoms with Crippen molar-refractivity contribution in [2.75, 3.05) is 39.6 Å². The Labute approximate surface area is 226 Å². The lowest BCUT2D eigenvalue weighted by molar-refractivity contribution is -0.131. The van der Waals surface area contributed by atoms with Gasteiger partial charge >= 0.3 is 20.9 Å². The molecule has 0 atom stereocenters. The van der Waals surface area contributed by atoms with Crippen LogP contribution in [0.2, 0.25) is 6.04 Å². The second-order valence-corrected chi connectivity index (χ2v) is 11.1. The van der Waals surface area contributed by atoms with Gasteiger partial charge in [-0.05, 0) is 63.5 Å². The van der Waals surface area contributed by atoms with E-state index in [1.807, 2.05) is 57.2 Å². The quantitative estimate of drug-likeness (QED) is 0.138. The minimum atomic E-state index is -2.70. The maximum Gasteiger partial charge on any atom is 0.500 e. The van der Waals surface area contributed by atoms with Crippen molar-refractivity contribution >= 4 is 31.6 Å². The number of carboxylic acid groups (broad SMARTS) is 1. The van der Waals surface area contributed by atoms with Crippen LogP contribution in [0.15, 0.2) is 48.6 Å². The number of carbonyl (C=O) groups is 2. The number of rotatable bonds is 19. The first kappa shape index (κ1) is 31.3. The van der Waals surface area contributed by atoms with E-state index in [9.17, 15) is 9.59 Å². The van der Waals surface area contributed by atoms with Crippen molar-refractivity contribution in [3.63, 3.8) is 0 Å². The molecule has 0 aliphatic rings. The van der Waals surface area contributed by atoms with Gasteiger partial charge in [0.15, 0.2) is 0 Å². The van der Waals surface area contributed by atoms with Crippen LogP contribution < -0.4 is 10.1 Å². The van der Waals surface area contributed by atoms with Crippen molar-refractivity contribution in [2.45, 2.75) is 52.5 Å². The van der Waals surface area contributed by atoms with Crippen molar-refractivity contribution in [3.8, 4) is 5.75 Å². The lowest BCUT2D eigenvalue weighted by Gasteiger charge is -2.28. The number of benzene rings is 2. The van der Waals surface area contributed by atoms with E-state index in [4.69, 9.17) is 27.9 Å². The highest BCUT2D eigenvalue weighted by atomic mass is 28.4. The van der Waals surface area contributed by atoms with Gasteiger partial charge in [0.1, 0.15) is 5.75 Å². The smallest absolute Gasteiger partial charge is 0.493 e. The zero-order valence-electron chi connectivity index (χ0n) is 22.7. The van der Waals surface area contributed by atoms with Crippen LogP contribution >= 0.6 is 0 Å². The molecule has 0 aliphatic carbocycles. The topological polar surface area (TPSA) is 113 Å². The average Bonchev–Trinajstić information content (AvgIpc) is 2.90. The molecule has 2 aromatic rings. The number of unbranched alkanes of at least 4 members (excludes halogenated alkanes) is 1. The Hall–Kier alpha value is -2.92. The molecule has 0 radical (unpaired) electrons. The molecule has 38 heavy (non-hydrogen) atoms. The second kappa shape index (κ2) is 17.6. The number of nitrogens with one attached hydrogen (secondary N) is 1. The summed E-state index contributed by atoms with van der Waals surface area (Å²) in [7, 11) is -2.70. The largest absolute Gasteiger partial charge is 0.500 e. The zero-order valence-corrected chi connectivity index (χ0v) is 23.7. The summed E-state index contributed by atoms with van der Waals surface area (Å²) in [5.74, 6) is -0.184. The normalized spacial score (nSPS) is 11.7. The van der Waals surface area contributed by atoms with Gasteiger partial charge in [-0.15, -0.1) is 0 Å². The van der Waals surface area contributed by atoms with Crippen molar-refractivity contribution in [3.05, 3.63) is 54.1 Å². The number of carboxylic acids is 1. The molecule has 10 heteroatoms. The van der Waals surface area contributed by atoms with Crippen LogP contribution in [0.1, 0.15) is 45.6 Å². The number of fused-ring (bicyclic) bond motifs is 1. The number of allylic oxidation sites excluding steroid dienone is 1. The van der Waals surface area contributed by atoms with Crippen LogP contribution in [0.25, 0.3) is 10.8 Å². The first-order valence-electron chi connectivity index (χ1n) is 13.3. The summed E-state index contributed by atoms with van der Waals surface area (Å²) in [6, 6.07) is 12.4. The van der Waals surface area contributed by atoms with Crippen LogP contribution in [0.4, 0.5) is 4.79 Å². The van der Waals surface area contributed by atoms with E-state index in [1.165, 1.54) is 0 Å². The van der Waals surface area contributed by atoms with Gasteiger partial charge < -0.3 is 33.2 Å². The maximum atomic E-state index is 12.0. The van der Waals surface area contributed by atoms with Gasteiger partial charge in [-0.25, -0.2) is 9.59 Å². The predicted octanol–water partition coefficient (Wildman–Crippen LogP) is 5.35. The van der Waals surface area contributed by atoms with Gasteiger partial charge in [0, 0.05) is 43.9 Å². The first-order chi connectivity index (χ1) is 18.4. The summed E-state index contributed by atoms with van der Waals surface area (Å²) < 4.78 is 28.7. The molecule has 1 amide bonds. The molecule has 210 valence electrons. The Bertz CT molecular complexity index is 1010. The first-order valence-corrected chi connectivity index (χ1v) is 15.2. The van der Waals surface area contributed by atoms with Gasteiger partial charge in [-0.3, -0.25) is 0 Å². The number of carbonyl (C=O) groups excluding carboxylic acids is 1. The molecule has 2 rings (SSSR count). The molecule has 0 unspecified atom stereocenters. The molecule has 0 spiro atoms. The SMILES string of the molecule is CCO[Si](CCCNC(=O)OCCCCOc1ccc(CC=CC(=O)O)c2ccccc12)(OCC)OCC. The van der Waals surface area contributed by atoms with E-state index in [1.54, 1.807) is 6.08 Å². The van der Waals surface area contributed by atoms with E-state index in [0.717, 1.165) is 34.6 Å². The Kier molecular flexibility index (Phi) is 14.5. The highest BCUT2D eigenvalue weighted by molar-refractivity contribution is 6.60. The summed E-state index contributed by atoms with van der Waals surface area (Å²) in [4.78, 5) is 22.7. The minimum Gasteiger partial charge on any atom is -0.493 e. The third-order valence-corrected chi connectivity index (χ3v) is 8.78. The fourth-order valence-corrected chi connectivity index (χ4v) is 6.64. The Morgan fingerprint density at radius 2 is 1.55 bits per heavy atom. The molecule has 0 saturated carbocycles. The highest BCUT2D eigenvalue weighted by Gasteiger charge is 2.39. The lowest BCUT2D eigenvalue weighted by Crippen LogP contribution is -2.46. The molecule has 0 fully saturated rings. The number of alkyl carbamates (subject to hydrolysis) is 1. The number of hydrogen-bond acceptors (Lipinski definition) is 7. The number of aliphatic carboxylic acids is 1. The lowest BCUT2D eigenvalue weighted by atomic mass is 10.0. The molecule has 2 aromatic carbocycles. The van der Waals surface area contributed by atoms with Gasteiger partial charge in [-0.1, -0.05) is 36.4 Å². The Balaban J connectivity index is 1.69. The summed E-state index contributed by atoms with van der Waals surface area (Å²) in [5, 5.41) is 13.6. The second-order valence-electron chi connectivity index (χ2n) is 8.42. The summed E-state index contributed by atoms with van der Waals surface area (Å²) in [5.41, 5.74) is 1.03. The van der Waals surface area contributed by atoms with E-state index >= 15 is 0 Å². The van der Waals surface area contributed by atoms with E-state index in [0.29, 0.717) is 64.9 Å². The summed E-state index contributed by atoms with van der Waals surface area (Å²) >= 11 is 0. The number of hydrogen-bond donors (Lipinski definition) is 2. The van der Waals surface area contributed by atoms with Crippen LogP contribution in [0.5, 0.6) is 5.75 Å². The Morgan fingerprint density at radius 3 is 2.21 bits per heavy atom. The molecular weight excluding hydrogens is 506 g/mol. The van der Waals surface area contributed by atoms with Gasteiger partial charge in [0.25, 0.3) is 0 Å². The van der Waals surface area contributed by atoms with Crippen molar-refractivity contribution < 1.29 is 37.4 Å². The van der Waals surface area contributed by atoms with Gasteiger partial charge in [0.2, 0.25) is 0 Å². The number of ether oxygens (including phenoxy) is 2. The zero-order chi connectivity index (χ0) is 27.6. The Morgan fingerprint density at radius 1 is 0.895 bits per heavy atom. The van der Waals surface area contributed by atoms with E-state index in [2.05, 4.69) is 5.32 Å². The van der Waals surface area contributed by atoms with Crippen LogP contribution in [-0.4, -0.2) is 65.6 Å². The van der Waals surface area contributed by atoms with E-state index in [-0.39, 0.29) is 0 Å². The molecule has 0 aromatic heterocycles. The van der Waals surface area contributed by atoms with Crippen molar-refractivity contribution in [1.82, 2.24) is 5.32 Å². The van der Waals surface area contributed by atoms with Gasteiger partial charge in [-0.2, -0.15) is 0 Å². The van der Waals surface area contributed by atoms with Crippen LogP contribution in [0.3, 0.4) is 0 Å². The van der Waals surface area contributed by atoms with Crippen molar-refractivity contribution in [2.24, 2.45) is 0 Å². The molecule has 0 heterocycles. The standard InChI is InChI=1S/C28H41NO8Si/c1-4-35-38(36-5-2,37-6-3)22-12-19-29-28(32)34-21-10-9-20-33-26-18-17-23(13-11-16-27(30)31)24-14-7-8-15-25(24)26/h7-8,11,14-18H,4-6,9-10,12-13,19-22H2,1-3H3,(H,29,32)(H,30,31). The molecule has 0 saturated heterocycles. The minimum absolute atomic E-state index is 0.306. The van der Waals surface area contributed by atoms with E-state index < -0.39 is 20.9 Å². The average molecular weight is 548 g/mol. The van der Waals surface area contributed by atoms with Crippen molar-refractivity contribution in [1.29, 1.82) is 0 Å². The maximum absolute atomic E-state index is 12.0. The summed E-state index contributed by atoms with van der Waals surface area (Å²) in [6.45, 7) is 8.60. The monoisotopic (exact) mass is 547 g/mol. The molecule has 0 aliphatic heterocycles. The molecule has 0 bridgehead atoms. The van der Waals surface area contributed by atoms with Gasteiger partial charge in [0.05, 0.1) is 13.2 Å². The highest BCUT2D eigenvalue weighted by Crippen LogP contribution is 2.29. The molecule has 2 N–H and O–H groups in total. The number of amides is 1. The third-order valence-electron chi connectivity index (χ3n) is 5.62. The van der Waals surface area contributed by atoms with Crippen LogP contribution in [0, 0.1) is 0 Å².